The Labute approximate surface area is 199 Å². The molecule has 3 aromatic rings. The van der Waals surface area contributed by atoms with Gasteiger partial charge in [0.2, 0.25) is 15.9 Å². The summed E-state index contributed by atoms with van der Waals surface area (Å²) in [5.41, 5.74) is 2.93. The average Bonchev–Trinajstić information content (AvgIpc) is 2.76. The van der Waals surface area contributed by atoms with E-state index in [1.54, 1.807) is 30.3 Å². The zero-order chi connectivity index (χ0) is 25.1. The van der Waals surface area contributed by atoms with E-state index < -0.39 is 32.0 Å². The van der Waals surface area contributed by atoms with E-state index in [2.05, 4.69) is 15.0 Å². The first kappa shape index (κ1) is 25.2. The molecule has 3 rings (SSSR count). The molecule has 0 aliphatic heterocycles. The molecule has 1 atom stereocenters. The van der Waals surface area contributed by atoms with Crippen LogP contribution < -0.4 is 14.3 Å². The van der Waals surface area contributed by atoms with E-state index in [1.165, 1.54) is 43.6 Å². The van der Waals surface area contributed by atoms with Crippen LogP contribution in [0.4, 0.5) is 17.1 Å². The molecule has 0 spiro atoms. The lowest BCUT2D eigenvalue weighted by molar-refractivity contribution is -0.116. The van der Waals surface area contributed by atoms with Crippen molar-refractivity contribution < 1.29 is 21.6 Å². The monoisotopic (exact) mass is 502 g/mol. The second-order valence-electron chi connectivity index (χ2n) is 7.86. The van der Waals surface area contributed by atoms with Crippen LogP contribution >= 0.6 is 0 Å². The first-order valence-corrected chi connectivity index (χ1v) is 13.6. The van der Waals surface area contributed by atoms with E-state index in [0.29, 0.717) is 17.1 Å². The molecular formula is C23H26N4O5S2. The molecule has 1 heterocycles. The Hall–Kier alpha value is -3.44. The molecule has 9 nitrogen and oxygen atoms in total. The van der Waals surface area contributed by atoms with Crippen molar-refractivity contribution >= 4 is 43.0 Å². The third-order valence-electron chi connectivity index (χ3n) is 5.18. The van der Waals surface area contributed by atoms with Gasteiger partial charge < -0.3 is 5.32 Å². The molecule has 0 bridgehead atoms. The molecule has 0 saturated heterocycles. The average molecular weight is 503 g/mol. The van der Waals surface area contributed by atoms with Crippen molar-refractivity contribution in [1.82, 2.24) is 4.98 Å². The number of aryl methyl sites for hydroxylation is 2. The number of anilines is 3. The van der Waals surface area contributed by atoms with Crippen LogP contribution in [0.3, 0.4) is 0 Å². The molecular weight excluding hydrogens is 476 g/mol. The van der Waals surface area contributed by atoms with Crippen LogP contribution in [0, 0.1) is 13.8 Å². The van der Waals surface area contributed by atoms with Gasteiger partial charge >= 0.3 is 0 Å². The number of aromatic nitrogens is 1. The molecule has 2 N–H and O–H groups in total. The van der Waals surface area contributed by atoms with Crippen molar-refractivity contribution in [2.75, 3.05) is 20.6 Å². The number of rotatable bonds is 8. The summed E-state index contributed by atoms with van der Waals surface area (Å²) in [5.74, 6) is -0.562. The lowest BCUT2D eigenvalue weighted by Gasteiger charge is -2.28. The maximum atomic E-state index is 12.9. The quantitative estimate of drug-likeness (QED) is 0.487. The molecule has 1 aromatic heterocycles. The maximum absolute atomic E-state index is 12.9. The van der Waals surface area contributed by atoms with Gasteiger partial charge in [-0.25, -0.2) is 16.8 Å². The van der Waals surface area contributed by atoms with Crippen molar-refractivity contribution in [2.45, 2.75) is 31.7 Å². The lowest BCUT2D eigenvalue weighted by Crippen LogP contribution is -2.45. The lowest BCUT2D eigenvalue weighted by atomic mass is 10.1. The van der Waals surface area contributed by atoms with Crippen LogP contribution in [0.5, 0.6) is 0 Å². The van der Waals surface area contributed by atoms with Gasteiger partial charge in [-0.15, -0.1) is 0 Å². The Morgan fingerprint density at radius 3 is 2.18 bits per heavy atom. The molecule has 2 aromatic carbocycles. The fraction of sp³-hybridized carbons (Fsp3) is 0.217. The first-order chi connectivity index (χ1) is 15.9. The summed E-state index contributed by atoms with van der Waals surface area (Å²) in [7, 11) is -7.60. The third-order valence-corrected chi connectivity index (χ3v) is 7.82. The van der Waals surface area contributed by atoms with Crippen LogP contribution in [0.2, 0.25) is 0 Å². The summed E-state index contributed by atoms with van der Waals surface area (Å²) in [5, 5.41) is 2.65. The molecule has 0 saturated carbocycles. The maximum Gasteiger partial charge on any atom is 0.261 e. The highest BCUT2D eigenvalue weighted by Gasteiger charge is 2.29. The van der Waals surface area contributed by atoms with Crippen LogP contribution in [0.25, 0.3) is 0 Å². The van der Waals surface area contributed by atoms with Crippen molar-refractivity contribution in [3.63, 3.8) is 0 Å². The SMILES string of the molecule is Cc1ccc(N([C@H](C)C(=O)Nc2ccc(S(=O)(=O)Nc3cccnc3)cc2)S(C)(=O)=O)cc1C. The largest absolute Gasteiger partial charge is 0.324 e. The predicted octanol–water partition coefficient (Wildman–Crippen LogP) is 3.29. The minimum absolute atomic E-state index is 0.00436. The summed E-state index contributed by atoms with van der Waals surface area (Å²) >= 11 is 0. The van der Waals surface area contributed by atoms with E-state index in [1.807, 2.05) is 13.8 Å². The van der Waals surface area contributed by atoms with Crippen LogP contribution in [-0.4, -0.2) is 40.0 Å². The molecule has 0 radical (unpaired) electrons. The molecule has 0 aliphatic carbocycles. The van der Waals surface area contributed by atoms with E-state index in [-0.39, 0.29) is 4.90 Å². The normalized spacial score (nSPS) is 12.6. The van der Waals surface area contributed by atoms with Crippen LogP contribution in [-0.2, 0) is 24.8 Å². The number of carbonyl (C=O) groups excluding carboxylic acids is 1. The third kappa shape index (κ3) is 5.91. The molecule has 0 aliphatic rings. The van der Waals surface area contributed by atoms with Gasteiger partial charge in [-0.1, -0.05) is 6.07 Å². The van der Waals surface area contributed by atoms with Crippen LogP contribution in [0.15, 0.2) is 71.9 Å². The number of benzene rings is 2. The highest BCUT2D eigenvalue weighted by atomic mass is 32.2. The molecule has 180 valence electrons. The molecule has 11 heteroatoms. The Bertz CT molecular complexity index is 1390. The molecule has 34 heavy (non-hydrogen) atoms. The number of nitrogens with one attached hydrogen (secondary N) is 2. The van der Waals surface area contributed by atoms with Gasteiger partial charge in [0.15, 0.2) is 0 Å². The van der Waals surface area contributed by atoms with Gasteiger partial charge in [0.25, 0.3) is 10.0 Å². The highest BCUT2D eigenvalue weighted by molar-refractivity contribution is 7.92. The summed E-state index contributed by atoms with van der Waals surface area (Å²) in [4.78, 5) is 16.8. The number of hydrogen-bond acceptors (Lipinski definition) is 6. The number of amides is 1. The van der Waals surface area contributed by atoms with Crippen LogP contribution in [0.1, 0.15) is 18.1 Å². The second kappa shape index (κ2) is 9.82. The van der Waals surface area contributed by atoms with Crippen molar-refractivity contribution in [2.24, 2.45) is 0 Å². The number of pyridine rings is 1. The molecule has 1 amide bonds. The fourth-order valence-electron chi connectivity index (χ4n) is 3.27. The molecule has 0 unspecified atom stereocenters. The van der Waals surface area contributed by atoms with Crippen molar-refractivity contribution in [3.8, 4) is 0 Å². The van der Waals surface area contributed by atoms with E-state index in [4.69, 9.17) is 0 Å². The van der Waals surface area contributed by atoms with Crippen molar-refractivity contribution in [1.29, 1.82) is 0 Å². The number of hydrogen-bond donors (Lipinski definition) is 2. The zero-order valence-electron chi connectivity index (χ0n) is 19.2. The fourth-order valence-corrected chi connectivity index (χ4v) is 5.48. The van der Waals surface area contributed by atoms with Gasteiger partial charge in [0.1, 0.15) is 6.04 Å². The minimum atomic E-state index is -3.84. The Balaban J connectivity index is 1.78. The zero-order valence-corrected chi connectivity index (χ0v) is 20.8. The van der Waals surface area contributed by atoms with E-state index in [9.17, 15) is 21.6 Å². The number of nitrogens with zero attached hydrogens (tertiary/aromatic N) is 2. The van der Waals surface area contributed by atoms with Gasteiger partial charge in [0, 0.05) is 11.9 Å². The van der Waals surface area contributed by atoms with Gasteiger partial charge in [0.05, 0.1) is 28.7 Å². The van der Waals surface area contributed by atoms with Gasteiger partial charge in [-0.05, 0) is 80.4 Å². The topological polar surface area (TPSA) is 126 Å². The van der Waals surface area contributed by atoms with Crippen molar-refractivity contribution in [3.05, 3.63) is 78.1 Å². The summed E-state index contributed by atoms with van der Waals surface area (Å²) in [6.07, 6.45) is 3.96. The molecule has 0 fully saturated rings. The standard InChI is InChI=1S/C23H26N4O5S2/c1-16-7-10-21(14-17(16)2)27(33(4,29)30)18(3)23(28)25-19-8-11-22(12-9-19)34(31,32)26-20-6-5-13-24-15-20/h5-15,18,26H,1-4H3,(H,25,28)/t18-/m1/s1. The van der Waals surface area contributed by atoms with Gasteiger partial charge in [-0.2, -0.15) is 0 Å². The van der Waals surface area contributed by atoms with E-state index >= 15 is 0 Å². The van der Waals surface area contributed by atoms with E-state index in [0.717, 1.165) is 21.7 Å². The summed E-state index contributed by atoms with van der Waals surface area (Å²) in [6, 6.07) is 12.9. The highest BCUT2D eigenvalue weighted by Crippen LogP contribution is 2.25. The summed E-state index contributed by atoms with van der Waals surface area (Å²) in [6.45, 7) is 5.27. The first-order valence-electron chi connectivity index (χ1n) is 10.3. The Morgan fingerprint density at radius 2 is 1.62 bits per heavy atom. The predicted molar refractivity (Wildman–Crippen MR) is 133 cm³/mol. The Kier molecular flexibility index (Phi) is 7.27. The van der Waals surface area contributed by atoms with Gasteiger partial charge in [-0.3, -0.25) is 18.8 Å². The smallest absolute Gasteiger partial charge is 0.261 e. The summed E-state index contributed by atoms with van der Waals surface area (Å²) < 4.78 is 53.6. The number of sulfonamides is 2. The number of carbonyl (C=O) groups is 1. The Morgan fingerprint density at radius 1 is 0.941 bits per heavy atom. The second-order valence-corrected chi connectivity index (χ2v) is 11.4. The minimum Gasteiger partial charge on any atom is -0.324 e.